The third-order valence-corrected chi connectivity index (χ3v) is 3.26. The van der Waals surface area contributed by atoms with Crippen molar-refractivity contribution in [1.29, 1.82) is 0 Å². The number of carboxylic acid groups (broad SMARTS) is 1. The molecule has 0 fully saturated rings. The van der Waals surface area contributed by atoms with Gasteiger partial charge in [0.2, 0.25) is 0 Å². The second-order valence-electron chi connectivity index (χ2n) is 2.19. The van der Waals surface area contributed by atoms with Crippen LogP contribution >= 0.6 is 0 Å². The van der Waals surface area contributed by atoms with Gasteiger partial charge in [-0.3, -0.25) is 0 Å². The molecule has 3 heteroatoms. The molecule has 1 N–H and O–H groups in total. The molecule has 0 aromatic heterocycles. The second kappa shape index (κ2) is 4.83. The summed E-state index contributed by atoms with van der Waals surface area (Å²) in [4.78, 5) is 9.99. The SMILES string of the molecule is C[Se+](C)CCCC(=O)O. The van der Waals surface area contributed by atoms with E-state index in [1.807, 2.05) is 0 Å². The first kappa shape index (κ1) is 8.99. The molecule has 0 rings (SSSR count). The van der Waals surface area contributed by atoms with Crippen molar-refractivity contribution in [2.75, 3.05) is 0 Å². The number of carboxylic acids is 1. The van der Waals surface area contributed by atoms with E-state index in [9.17, 15) is 4.79 Å². The Morgan fingerprint density at radius 2 is 2.11 bits per heavy atom. The van der Waals surface area contributed by atoms with E-state index in [2.05, 4.69) is 11.6 Å². The van der Waals surface area contributed by atoms with Crippen LogP contribution in [0.5, 0.6) is 0 Å². The molecule has 0 heterocycles. The molecule has 0 unspecified atom stereocenters. The molecule has 0 spiro atoms. The summed E-state index contributed by atoms with van der Waals surface area (Å²) in [6.07, 6.45) is 1.22. The zero-order valence-electron chi connectivity index (χ0n) is 5.89. The summed E-state index contributed by atoms with van der Waals surface area (Å²) in [5.41, 5.74) is 0. The van der Waals surface area contributed by atoms with Crippen LogP contribution in [0.25, 0.3) is 0 Å². The van der Waals surface area contributed by atoms with Crippen LogP contribution in [0.1, 0.15) is 12.8 Å². The summed E-state index contributed by atoms with van der Waals surface area (Å²) < 4.78 is 0. The molecule has 0 amide bonds. The van der Waals surface area contributed by atoms with Gasteiger partial charge in [-0.25, -0.2) is 0 Å². The van der Waals surface area contributed by atoms with E-state index in [0.717, 1.165) is 11.7 Å². The van der Waals surface area contributed by atoms with E-state index in [0.29, 0.717) is 6.42 Å². The van der Waals surface area contributed by atoms with Crippen LogP contribution in [0, 0.1) is 0 Å². The second-order valence-corrected chi connectivity index (χ2v) is 7.18. The number of carbonyl (C=O) groups is 1. The van der Waals surface area contributed by atoms with Crippen LogP contribution in [0.15, 0.2) is 0 Å². The van der Waals surface area contributed by atoms with Gasteiger partial charge in [0.15, 0.2) is 0 Å². The zero-order chi connectivity index (χ0) is 7.28. The van der Waals surface area contributed by atoms with Crippen LogP contribution in [-0.2, 0) is 4.79 Å². The van der Waals surface area contributed by atoms with Crippen molar-refractivity contribution < 1.29 is 9.90 Å². The Bertz CT molecular complexity index is 91.1. The molecule has 0 aromatic rings. The average molecular weight is 196 g/mol. The monoisotopic (exact) mass is 197 g/mol. The fourth-order valence-corrected chi connectivity index (χ4v) is 2.03. The average Bonchev–Trinajstić information content (AvgIpc) is 1.63. The third kappa shape index (κ3) is 7.99. The predicted molar refractivity (Wildman–Crippen MR) is 39.2 cm³/mol. The molecule has 0 saturated carbocycles. The molecular formula is C6H13O2Se+. The number of aliphatic carboxylic acids is 1. The third-order valence-electron chi connectivity index (χ3n) is 0.943. The predicted octanol–water partition coefficient (Wildman–Crippen LogP) is 1.61. The maximum absolute atomic E-state index is 9.99. The standard InChI is InChI=1S/C6H12O2Se/c1-9(2)5-3-4-6(7)8/h3-5H2,1-2H3/p+1. The van der Waals surface area contributed by atoms with Gasteiger partial charge in [0.05, 0.1) is 0 Å². The number of hydrogen-bond donors (Lipinski definition) is 1. The Morgan fingerprint density at radius 3 is 2.44 bits per heavy atom. The van der Waals surface area contributed by atoms with E-state index in [-0.39, 0.29) is 13.9 Å². The Hall–Kier alpha value is -0.0105. The van der Waals surface area contributed by atoms with Crippen LogP contribution in [0.2, 0.25) is 17.0 Å². The molecule has 0 saturated heterocycles. The molecule has 0 aliphatic rings. The first-order chi connectivity index (χ1) is 4.13. The number of rotatable bonds is 4. The van der Waals surface area contributed by atoms with Crippen LogP contribution < -0.4 is 0 Å². The summed E-state index contributed by atoms with van der Waals surface area (Å²) in [5.74, 6) is 3.78. The van der Waals surface area contributed by atoms with E-state index in [1.54, 1.807) is 0 Å². The van der Waals surface area contributed by atoms with Crippen molar-refractivity contribution in [3.63, 3.8) is 0 Å². The van der Waals surface area contributed by atoms with Crippen LogP contribution in [-0.4, -0.2) is 25.0 Å². The van der Waals surface area contributed by atoms with Crippen LogP contribution in [0.4, 0.5) is 0 Å². The molecule has 9 heavy (non-hydrogen) atoms. The van der Waals surface area contributed by atoms with E-state index < -0.39 is 5.97 Å². The van der Waals surface area contributed by atoms with Gasteiger partial charge in [-0.2, -0.15) is 0 Å². The summed E-state index contributed by atoms with van der Waals surface area (Å²) in [5, 5.41) is 9.39. The molecule has 0 aliphatic carbocycles. The molecule has 0 bridgehead atoms. The summed E-state index contributed by atoms with van der Waals surface area (Å²) in [6, 6.07) is 0. The van der Waals surface area contributed by atoms with Crippen molar-refractivity contribution in [1.82, 2.24) is 0 Å². The van der Waals surface area contributed by atoms with E-state index >= 15 is 0 Å². The summed E-state index contributed by atoms with van der Waals surface area (Å²) in [6.45, 7) is 0. The Morgan fingerprint density at radius 1 is 1.56 bits per heavy atom. The topological polar surface area (TPSA) is 37.3 Å². The first-order valence-corrected chi connectivity index (χ1v) is 7.52. The van der Waals surface area contributed by atoms with Gasteiger partial charge in [-0.05, 0) is 0 Å². The minimum absolute atomic E-state index is 0.349. The molecule has 0 radical (unpaired) electrons. The van der Waals surface area contributed by atoms with E-state index in [1.165, 1.54) is 0 Å². The zero-order valence-corrected chi connectivity index (χ0v) is 7.60. The maximum atomic E-state index is 9.99. The normalized spacial score (nSPS) is 10.1. The van der Waals surface area contributed by atoms with Crippen molar-refractivity contribution >= 4 is 19.9 Å². The molecule has 0 aliphatic heterocycles. The Labute approximate surface area is 60.1 Å². The summed E-state index contributed by atoms with van der Waals surface area (Å²) in [7, 11) is 0. The molecule has 2 nitrogen and oxygen atoms in total. The first-order valence-electron chi connectivity index (χ1n) is 2.89. The van der Waals surface area contributed by atoms with Gasteiger partial charge in [0.1, 0.15) is 0 Å². The van der Waals surface area contributed by atoms with Gasteiger partial charge in [0.25, 0.3) is 0 Å². The van der Waals surface area contributed by atoms with Crippen molar-refractivity contribution in [3.05, 3.63) is 0 Å². The quantitative estimate of drug-likeness (QED) is 0.693. The molecule has 0 atom stereocenters. The van der Waals surface area contributed by atoms with Gasteiger partial charge >= 0.3 is 59.6 Å². The number of hydrogen-bond acceptors (Lipinski definition) is 1. The van der Waals surface area contributed by atoms with Crippen molar-refractivity contribution in [2.45, 2.75) is 29.8 Å². The van der Waals surface area contributed by atoms with Gasteiger partial charge in [0, 0.05) is 0 Å². The van der Waals surface area contributed by atoms with Gasteiger partial charge < -0.3 is 0 Å². The van der Waals surface area contributed by atoms with Crippen LogP contribution in [0.3, 0.4) is 0 Å². The molecular weight excluding hydrogens is 183 g/mol. The van der Waals surface area contributed by atoms with Crippen molar-refractivity contribution in [3.8, 4) is 0 Å². The van der Waals surface area contributed by atoms with Gasteiger partial charge in [-0.1, -0.05) is 0 Å². The fraction of sp³-hybridized carbons (Fsp3) is 0.833. The van der Waals surface area contributed by atoms with Gasteiger partial charge in [-0.15, -0.1) is 0 Å². The Balaban J connectivity index is 3.01. The fourth-order valence-electron chi connectivity index (χ4n) is 0.512. The minimum atomic E-state index is -0.665. The van der Waals surface area contributed by atoms with Crippen molar-refractivity contribution in [2.24, 2.45) is 0 Å². The molecule has 0 aromatic carbocycles. The Kier molecular flexibility index (Phi) is 4.82. The molecule has 54 valence electrons. The summed E-state index contributed by atoms with van der Waals surface area (Å²) >= 11 is -0.381. The van der Waals surface area contributed by atoms with E-state index in [4.69, 9.17) is 5.11 Å².